The number of rotatable bonds is 8. The van der Waals surface area contributed by atoms with E-state index < -0.39 is 10.0 Å². The van der Waals surface area contributed by atoms with Gasteiger partial charge in [-0.3, -0.25) is 0 Å². The molecule has 98 valence electrons. The van der Waals surface area contributed by atoms with E-state index in [4.69, 9.17) is 4.52 Å². The zero-order valence-corrected chi connectivity index (χ0v) is 11.0. The zero-order valence-electron chi connectivity index (χ0n) is 10.2. The molecule has 0 amide bonds. The highest BCUT2D eigenvalue weighted by molar-refractivity contribution is 7.89. The fourth-order valence-corrected chi connectivity index (χ4v) is 2.19. The van der Waals surface area contributed by atoms with Gasteiger partial charge < -0.3 is 9.84 Å². The van der Waals surface area contributed by atoms with Crippen LogP contribution in [0.4, 0.5) is 0 Å². The number of sulfonamides is 1. The third-order valence-corrected chi connectivity index (χ3v) is 3.45. The summed E-state index contributed by atoms with van der Waals surface area (Å²) in [6, 6.07) is 1.71. The van der Waals surface area contributed by atoms with Crippen LogP contribution in [-0.4, -0.2) is 32.4 Å². The summed E-state index contributed by atoms with van der Waals surface area (Å²) in [5, 5.41) is 6.75. The predicted octanol–water partition coefficient (Wildman–Crippen LogP) is 0.402. The molecule has 1 aromatic rings. The van der Waals surface area contributed by atoms with E-state index in [0.717, 1.165) is 13.0 Å². The summed E-state index contributed by atoms with van der Waals surface area (Å²) in [4.78, 5) is 0. The van der Waals surface area contributed by atoms with Gasteiger partial charge in [-0.05, 0) is 19.9 Å². The van der Waals surface area contributed by atoms with Crippen LogP contribution >= 0.6 is 0 Å². The van der Waals surface area contributed by atoms with Crippen LogP contribution in [0.15, 0.2) is 10.6 Å². The van der Waals surface area contributed by atoms with Crippen LogP contribution < -0.4 is 10.0 Å². The van der Waals surface area contributed by atoms with Crippen molar-refractivity contribution in [3.05, 3.63) is 17.5 Å². The maximum Gasteiger partial charge on any atom is 0.213 e. The topological polar surface area (TPSA) is 84.2 Å². The van der Waals surface area contributed by atoms with E-state index in [1.807, 2.05) is 6.92 Å². The first kappa shape index (κ1) is 14.1. The van der Waals surface area contributed by atoms with Crippen LogP contribution in [0.5, 0.6) is 0 Å². The molecule has 1 heterocycles. The van der Waals surface area contributed by atoms with Crippen molar-refractivity contribution in [3.8, 4) is 0 Å². The second-order valence-corrected chi connectivity index (χ2v) is 5.75. The molecule has 1 rings (SSSR count). The van der Waals surface area contributed by atoms with Crippen LogP contribution in [0.3, 0.4) is 0 Å². The molecule has 7 heteroatoms. The molecule has 0 radical (unpaired) electrons. The number of nitrogens with one attached hydrogen (secondary N) is 2. The first-order valence-corrected chi connectivity index (χ1v) is 7.29. The molecule has 0 unspecified atom stereocenters. The van der Waals surface area contributed by atoms with E-state index >= 15 is 0 Å². The SMILES string of the molecule is CCCNCCS(=O)(=O)NCc1cc(C)on1. The standard InChI is InChI=1S/C10H19N3O3S/c1-3-4-11-5-6-17(14,15)12-8-10-7-9(2)16-13-10/h7,11-12H,3-6,8H2,1-2H3. The zero-order chi connectivity index (χ0) is 12.7. The lowest BCUT2D eigenvalue weighted by Crippen LogP contribution is -2.31. The minimum Gasteiger partial charge on any atom is -0.361 e. The van der Waals surface area contributed by atoms with Crippen molar-refractivity contribution < 1.29 is 12.9 Å². The van der Waals surface area contributed by atoms with Gasteiger partial charge in [0.25, 0.3) is 0 Å². The molecule has 1 aromatic heterocycles. The lowest BCUT2D eigenvalue weighted by molar-refractivity contribution is 0.390. The Labute approximate surface area is 102 Å². The maximum absolute atomic E-state index is 11.6. The minimum absolute atomic E-state index is 0.0732. The van der Waals surface area contributed by atoms with E-state index in [-0.39, 0.29) is 12.3 Å². The van der Waals surface area contributed by atoms with Crippen LogP contribution in [0.25, 0.3) is 0 Å². The van der Waals surface area contributed by atoms with Gasteiger partial charge in [-0.1, -0.05) is 12.1 Å². The summed E-state index contributed by atoms with van der Waals surface area (Å²) in [5.41, 5.74) is 0.590. The predicted molar refractivity (Wildman–Crippen MR) is 65.0 cm³/mol. The van der Waals surface area contributed by atoms with Gasteiger partial charge in [-0.15, -0.1) is 0 Å². The Morgan fingerprint density at radius 1 is 1.41 bits per heavy atom. The Morgan fingerprint density at radius 3 is 2.76 bits per heavy atom. The second kappa shape index (κ2) is 6.73. The smallest absolute Gasteiger partial charge is 0.213 e. The first-order valence-electron chi connectivity index (χ1n) is 5.64. The molecular weight excluding hydrogens is 242 g/mol. The average molecular weight is 261 g/mol. The van der Waals surface area contributed by atoms with Crippen molar-refractivity contribution in [1.29, 1.82) is 0 Å². The summed E-state index contributed by atoms with van der Waals surface area (Å²) < 4.78 is 30.4. The maximum atomic E-state index is 11.6. The highest BCUT2D eigenvalue weighted by atomic mass is 32.2. The van der Waals surface area contributed by atoms with Crippen molar-refractivity contribution in [2.45, 2.75) is 26.8 Å². The minimum atomic E-state index is -3.25. The van der Waals surface area contributed by atoms with Gasteiger partial charge >= 0.3 is 0 Å². The Balaban J connectivity index is 2.29. The molecule has 0 saturated heterocycles. The molecular formula is C10H19N3O3S. The van der Waals surface area contributed by atoms with E-state index in [0.29, 0.717) is 18.0 Å². The van der Waals surface area contributed by atoms with Crippen LogP contribution in [0.1, 0.15) is 24.8 Å². The molecule has 0 spiro atoms. The third kappa shape index (κ3) is 5.81. The lowest BCUT2D eigenvalue weighted by atomic mass is 10.4. The summed E-state index contributed by atoms with van der Waals surface area (Å²) in [6.07, 6.45) is 0.992. The van der Waals surface area contributed by atoms with Crippen molar-refractivity contribution >= 4 is 10.0 Å². The van der Waals surface area contributed by atoms with Crippen molar-refractivity contribution in [3.63, 3.8) is 0 Å². The molecule has 0 aliphatic heterocycles. The van der Waals surface area contributed by atoms with Gasteiger partial charge in [0, 0.05) is 12.6 Å². The molecule has 0 saturated carbocycles. The summed E-state index contributed by atoms with van der Waals surface area (Å²) in [6.45, 7) is 5.26. The molecule has 0 aromatic carbocycles. The molecule has 6 nitrogen and oxygen atoms in total. The van der Waals surface area contributed by atoms with E-state index in [1.165, 1.54) is 0 Å². The lowest BCUT2D eigenvalue weighted by Gasteiger charge is -2.05. The summed E-state index contributed by atoms with van der Waals surface area (Å²) in [5.74, 6) is 0.743. The fraction of sp³-hybridized carbons (Fsp3) is 0.700. The van der Waals surface area contributed by atoms with Gasteiger partial charge in [-0.25, -0.2) is 13.1 Å². The monoisotopic (exact) mass is 261 g/mol. The van der Waals surface area contributed by atoms with E-state index in [1.54, 1.807) is 13.0 Å². The molecule has 0 atom stereocenters. The van der Waals surface area contributed by atoms with E-state index in [9.17, 15) is 8.42 Å². The third-order valence-electron chi connectivity index (χ3n) is 2.12. The first-order chi connectivity index (χ1) is 8.03. The van der Waals surface area contributed by atoms with Gasteiger partial charge in [0.2, 0.25) is 10.0 Å². The van der Waals surface area contributed by atoms with Gasteiger partial charge in [0.05, 0.1) is 18.0 Å². The van der Waals surface area contributed by atoms with Crippen molar-refractivity contribution in [2.75, 3.05) is 18.8 Å². The summed E-state index contributed by atoms with van der Waals surface area (Å²) >= 11 is 0. The fourth-order valence-electron chi connectivity index (χ4n) is 1.27. The van der Waals surface area contributed by atoms with Crippen LogP contribution in [0, 0.1) is 6.92 Å². The van der Waals surface area contributed by atoms with Crippen LogP contribution in [-0.2, 0) is 16.6 Å². The summed E-state index contributed by atoms with van der Waals surface area (Å²) in [7, 11) is -3.25. The van der Waals surface area contributed by atoms with Gasteiger partial charge in [0.15, 0.2) is 0 Å². The number of aromatic nitrogens is 1. The molecule has 0 bridgehead atoms. The van der Waals surface area contributed by atoms with Gasteiger partial charge in [-0.2, -0.15) is 0 Å². The Kier molecular flexibility index (Phi) is 5.60. The second-order valence-electron chi connectivity index (χ2n) is 3.82. The Hall–Kier alpha value is -0.920. The Morgan fingerprint density at radius 2 is 2.18 bits per heavy atom. The van der Waals surface area contributed by atoms with Gasteiger partial charge in [0.1, 0.15) is 5.76 Å². The molecule has 17 heavy (non-hydrogen) atoms. The number of nitrogens with zero attached hydrogens (tertiary/aromatic N) is 1. The quantitative estimate of drug-likeness (QED) is 0.662. The molecule has 0 aliphatic carbocycles. The van der Waals surface area contributed by atoms with Crippen molar-refractivity contribution in [2.24, 2.45) is 0 Å². The number of aryl methyl sites for hydroxylation is 1. The highest BCUT2D eigenvalue weighted by Gasteiger charge is 2.10. The molecule has 0 fully saturated rings. The number of hydrogen-bond acceptors (Lipinski definition) is 5. The van der Waals surface area contributed by atoms with Crippen LogP contribution in [0.2, 0.25) is 0 Å². The average Bonchev–Trinajstić information content (AvgIpc) is 2.68. The molecule has 0 aliphatic rings. The largest absolute Gasteiger partial charge is 0.361 e. The normalized spacial score (nSPS) is 11.9. The number of hydrogen-bond donors (Lipinski definition) is 2. The van der Waals surface area contributed by atoms with Crippen molar-refractivity contribution in [1.82, 2.24) is 15.2 Å². The molecule has 2 N–H and O–H groups in total. The highest BCUT2D eigenvalue weighted by Crippen LogP contribution is 2.01. The van der Waals surface area contributed by atoms with E-state index in [2.05, 4.69) is 15.2 Å². The Bertz CT molecular complexity index is 428.